The molecule has 0 radical (unpaired) electrons. The SMILES string of the molecule is CCC(C)c1ccc(N(c2ccc(OC)cc2)c2ccc3c4c(-c5ccccc5)c5c6cccc7c(N(c8ccc(OC)cc8)c8ccc(C(C)CC)cc8)ccc(c5c(-c5ccccc5)c4c4cccc2c43)c76)cc1. The Hall–Kier alpha value is -8.86. The third-order valence-corrected chi connectivity index (χ3v) is 16.5. The third-order valence-electron chi connectivity index (χ3n) is 16.5. The number of anilines is 6. The molecule has 0 saturated heterocycles. The smallest absolute Gasteiger partial charge is 0.119 e. The fraction of sp³-hybridized carbons (Fsp3) is 0.139. The highest BCUT2D eigenvalue weighted by atomic mass is 16.5. The van der Waals surface area contributed by atoms with Crippen LogP contribution in [0.4, 0.5) is 34.1 Å². The number of hydrogen-bond donors (Lipinski definition) is 0. The normalized spacial score (nSPS) is 12.6. The summed E-state index contributed by atoms with van der Waals surface area (Å²) in [5.74, 6) is 2.61. The van der Waals surface area contributed by atoms with E-state index in [0.29, 0.717) is 11.8 Å². The lowest BCUT2D eigenvalue weighted by molar-refractivity contribution is 0.414. The lowest BCUT2D eigenvalue weighted by Crippen LogP contribution is -2.10. The van der Waals surface area contributed by atoms with Crippen LogP contribution in [0.25, 0.3) is 86.9 Å². The van der Waals surface area contributed by atoms with E-state index in [2.05, 4.69) is 256 Å². The average molecular weight is 985 g/mol. The van der Waals surface area contributed by atoms with Crippen LogP contribution in [-0.4, -0.2) is 14.2 Å². The molecule has 0 N–H and O–H groups in total. The minimum atomic E-state index is 0.477. The second-order valence-corrected chi connectivity index (χ2v) is 20.6. The molecule has 0 bridgehead atoms. The summed E-state index contributed by atoms with van der Waals surface area (Å²) in [6.45, 7) is 9.14. The monoisotopic (exact) mass is 984 g/mol. The molecule has 0 fully saturated rings. The van der Waals surface area contributed by atoms with Crippen molar-refractivity contribution in [3.63, 3.8) is 0 Å². The van der Waals surface area contributed by atoms with Crippen LogP contribution in [0.15, 0.2) is 218 Å². The van der Waals surface area contributed by atoms with Gasteiger partial charge in [-0.3, -0.25) is 0 Å². The van der Waals surface area contributed by atoms with E-state index >= 15 is 0 Å². The van der Waals surface area contributed by atoms with Gasteiger partial charge in [-0.25, -0.2) is 0 Å². The molecular formula is C72H60N2O2. The molecule has 13 rings (SSSR count). The van der Waals surface area contributed by atoms with E-state index in [1.807, 2.05) is 0 Å². The predicted molar refractivity (Wildman–Crippen MR) is 325 cm³/mol. The van der Waals surface area contributed by atoms with Gasteiger partial charge in [0.1, 0.15) is 11.5 Å². The molecule has 0 heterocycles. The number of rotatable bonds is 14. The molecule has 4 heteroatoms. The lowest BCUT2D eigenvalue weighted by Gasteiger charge is -2.27. The minimum Gasteiger partial charge on any atom is -0.497 e. The van der Waals surface area contributed by atoms with E-state index in [9.17, 15) is 0 Å². The highest BCUT2D eigenvalue weighted by molar-refractivity contribution is 6.47. The minimum absolute atomic E-state index is 0.477. The molecule has 13 aromatic rings. The highest BCUT2D eigenvalue weighted by Crippen LogP contribution is 2.58. The summed E-state index contributed by atoms with van der Waals surface area (Å²) in [4.78, 5) is 4.84. The van der Waals surface area contributed by atoms with Crippen LogP contribution in [-0.2, 0) is 0 Å². The van der Waals surface area contributed by atoms with Crippen molar-refractivity contribution in [2.75, 3.05) is 24.0 Å². The van der Waals surface area contributed by atoms with Gasteiger partial charge >= 0.3 is 0 Å². The summed E-state index contributed by atoms with van der Waals surface area (Å²) >= 11 is 0. The molecule has 13 aromatic carbocycles. The number of nitrogens with zero attached hydrogens (tertiary/aromatic N) is 2. The van der Waals surface area contributed by atoms with Crippen molar-refractivity contribution in [1.82, 2.24) is 0 Å². The second kappa shape index (κ2) is 19.1. The average Bonchev–Trinajstić information content (AvgIpc) is 4.04. The van der Waals surface area contributed by atoms with Crippen molar-refractivity contribution in [2.45, 2.75) is 52.4 Å². The molecule has 0 aliphatic carbocycles. The number of fused-ring (bicyclic) bond motifs is 6. The molecule has 0 aromatic heterocycles. The molecule has 2 unspecified atom stereocenters. The zero-order chi connectivity index (χ0) is 51.6. The van der Waals surface area contributed by atoms with Crippen molar-refractivity contribution in [3.8, 4) is 33.8 Å². The Kier molecular flexibility index (Phi) is 11.8. The van der Waals surface area contributed by atoms with Gasteiger partial charge < -0.3 is 19.3 Å². The largest absolute Gasteiger partial charge is 0.497 e. The van der Waals surface area contributed by atoms with Crippen LogP contribution in [0.2, 0.25) is 0 Å². The molecule has 76 heavy (non-hydrogen) atoms. The Labute approximate surface area is 445 Å². The van der Waals surface area contributed by atoms with Crippen molar-refractivity contribution < 1.29 is 9.47 Å². The molecule has 0 aliphatic rings. The van der Waals surface area contributed by atoms with Gasteiger partial charge in [-0.15, -0.1) is 0 Å². The Morgan fingerprint density at radius 3 is 0.961 bits per heavy atom. The Morgan fingerprint density at radius 1 is 0.316 bits per heavy atom. The summed E-state index contributed by atoms with van der Waals surface area (Å²) in [5.41, 5.74) is 14.2. The second-order valence-electron chi connectivity index (χ2n) is 20.6. The first-order chi connectivity index (χ1) is 37.4. The van der Waals surface area contributed by atoms with Crippen molar-refractivity contribution in [2.24, 2.45) is 0 Å². The maximum absolute atomic E-state index is 5.68. The van der Waals surface area contributed by atoms with Gasteiger partial charge in [-0.2, -0.15) is 0 Å². The number of methoxy groups -OCH3 is 2. The fourth-order valence-corrected chi connectivity index (χ4v) is 12.3. The summed E-state index contributed by atoms with van der Waals surface area (Å²) in [5, 5.41) is 15.1. The van der Waals surface area contributed by atoms with E-state index < -0.39 is 0 Å². The number of benzene rings is 11. The van der Waals surface area contributed by atoms with Crippen molar-refractivity contribution >= 4 is 98.8 Å². The fourth-order valence-electron chi connectivity index (χ4n) is 12.3. The van der Waals surface area contributed by atoms with Crippen LogP contribution in [0.3, 0.4) is 0 Å². The van der Waals surface area contributed by atoms with E-state index in [-0.39, 0.29) is 0 Å². The van der Waals surface area contributed by atoms with Gasteiger partial charge in [-0.1, -0.05) is 161 Å². The Bertz CT molecular complexity index is 3880. The van der Waals surface area contributed by atoms with Gasteiger partial charge in [0.15, 0.2) is 0 Å². The van der Waals surface area contributed by atoms with Gasteiger partial charge in [0.25, 0.3) is 0 Å². The molecule has 2 atom stereocenters. The zero-order valence-corrected chi connectivity index (χ0v) is 44.1. The quantitative estimate of drug-likeness (QED) is 0.108. The standard InChI is InChI=1S/C72H60N2O2/c1-7-45(3)47-25-29-51(30-26-47)73(53-33-37-55(75-5)38-34-53)63-43-41-61-67-57(63)21-15-23-59(67)69-65(49-17-11-9-12-18-49)72-62-42-44-64(58-22-16-24-60(68(58)62)70(72)66(71(61)69)50-19-13-10-14-20-50)74(54-35-39-56(76-6)40-36-54)52-31-27-48(28-32-52)46(4)8-2/h9-46H,7-8H2,1-6H3. The Balaban J connectivity index is 1.14. The molecular weight excluding hydrogens is 925 g/mol. The van der Waals surface area contributed by atoms with Gasteiger partial charge in [-0.05, 0) is 197 Å². The maximum atomic E-state index is 5.68. The van der Waals surface area contributed by atoms with Crippen molar-refractivity contribution in [3.05, 3.63) is 230 Å². The number of hydrogen-bond acceptors (Lipinski definition) is 4. The first-order valence-electron chi connectivity index (χ1n) is 26.9. The Morgan fingerprint density at radius 2 is 0.632 bits per heavy atom. The highest BCUT2D eigenvalue weighted by Gasteiger charge is 2.30. The van der Waals surface area contributed by atoms with Crippen LogP contribution >= 0.6 is 0 Å². The molecule has 0 spiro atoms. The predicted octanol–water partition coefficient (Wildman–Crippen LogP) is 20.8. The molecule has 0 aliphatic heterocycles. The first-order valence-corrected chi connectivity index (χ1v) is 26.9. The molecule has 0 saturated carbocycles. The van der Waals surface area contributed by atoms with Gasteiger partial charge in [0, 0.05) is 33.5 Å². The first kappa shape index (κ1) is 46.9. The summed E-state index contributed by atoms with van der Waals surface area (Å²) in [6.07, 6.45) is 2.18. The summed E-state index contributed by atoms with van der Waals surface area (Å²) in [7, 11) is 3.46. The third kappa shape index (κ3) is 7.49. The lowest BCUT2D eigenvalue weighted by atomic mass is 9.87. The van der Waals surface area contributed by atoms with E-state index in [1.165, 1.54) is 98.0 Å². The topological polar surface area (TPSA) is 24.9 Å². The summed E-state index contributed by atoms with van der Waals surface area (Å²) < 4.78 is 11.4. The van der Waals surface area contributed by atoms with E-state index in [4.69, 9.17) is 9.47 Å². The zero-order valence-electron chi connectivity index (χ0n) is 44.1. The number of ether oxygens (including phenoxy) is 2. The van der Waals surface area contributed by atoms with Crippen LogP contribution in [0.1, 0.15) is 63.5 Å². The van der Waals surface area contributed by atoms with Crippen LogP contribution < -0.4 is 19.3 Å². The molecule has 4 nitrogen and oxygen atoms in total. The van der Waals surface area contributed by atoms with Crippen molar-refractivity contribution in [1.29, 1.82) is 0 Å². The maximum Gasteiger partial charge on any atom is 0.119 e. The summed E-state index contributed by atoms with van der Waals surface area (Å²) in [6, 6.07) is 81.1. The molecule has 0 amide bonds. The van der Waals surface area contributed by atoms with Crippen LogP contribution in [0, 0.1) is 0 Å². The van der Waals surface area contributed by atoms with Gasteiger partial charge in [0.2, 0.25) is 0 Å². The van der Waals surface area contributed by atoms with E-state index in [0.717, 1.165) is 58.5 Å². The van der Waals surface area contributed by atoms with Crippen LogP contribution in [0.5, 0.6) is 11.5 Å². The van der Waals surface area contributed by atoms with E-state index in [1.54, 1.807) is 14.2 Å². The van der Waals surface area contributed by atoms with Gasteiger partial charge in [0.05, 0.1) is 25.6 Å². The molecule has 370 valence electrons.